The average Bonchev–Trinajstić information content (AvgIpc) is 2.81. The molecule has 1 aliphatic heterocycles. The summed E-state index contributed by atoms with van der Waals surface area (Å²) in [7, 11) is 0. The van der Waals surface area contributed by atoms with Crippen molar-refractivity contribution in [3.8, 4) is 0 Å². The number of hydrogen-bond donors (Lipinski definition) is 4. The molecule has 6 atom stereocenters. The smallest absolute Gasteiger partial charge is 0.306 e. The van der Waals surface area contributed by atoms with Gasteiger partial charge in [-0.05, 0) is 12.8 Å². The van der Waals surface area contributed by atoms with Crippen molar-refractivity contribution in [3.05, 3.63) is 0 Å². The zero-order valence-corrected chi connectivity index (χ0v) is 19.9. The zero-order valence-electron chi connectivity index (χ0n) is 19.9. The summed E-state index contributed by atoms with van der Waals surface area (Å²) >= 11 is 0. The van der Waals surface area contributed by atoms with Gasteiger partial charge in [0.2, 0.25) is 0 Å². The van der Waals surface area contributed by atoms with Crippen molar-refractivity contribution in [1.29, 1.82) is 0 Å². The van der Waals surface area contributed by atoms with Gasteiger partial charge in [-0.3, -0.25) is 9.59 Å². The Morgan fingerprint density at radius 1 is 0.818 bits per heavy atom. The van der Waals surface area contributed by atoms with Gasteiger partial charge in [-0.15, -0.1) is 0 Å². The maximum atomic E-state index is 12.3. The van der Waals surface area contributed by atoms with E-state index in [-0.39, 0.29) is 26.1 Å². The van der Waals surface area contributed by atoms with Gasteiger partial charge >= 0.3 is 11.9 Å². The van der Waals surface area contributed by atoms with Crippen LogP contribution in [0.1, 0.15) is 78.1 Å². The predicted molar refractivity (Wildman–Crippen MR) is 118 cm³/mol. The van der Waals surface area contributed by atoms with Crippen LogP contribution in [0.25, 0.3) is 0 Å². The van der Waals surface area contributed by atoms with E-state index in [0.29, 0.717) is 12.8 Å². The Hall–Kier alpha value is -1.30. The van der Waals surface area contributed by atoms with Crippen LogP contribution < -0.4 is 0 Å². The van der Waals surface area contributed by atoms with Crippen LogP contribution in [-0.2, 0) is 28.5 Å². The van der Waals surface area contributed by atoms with E-state index in [1.165, 1.54) is 6.42 Å². The van der Waals surface area contributed by atoms with E-state index < -0.39 is 55.4 Å². The van der Waals surface area contributed by atoms with E-state index >= 15 is 0 Å². The third kappa shape index (κ3) is 11.6. The molecule has 1 rings (SSSR count). The number of aliphatic hydroxyl groups excluding tert-OH is 4. The van der Waals surface area contributed by atoms with E-state index in [1.54, 1.807) is 0 Å². The summed E-state index contributed by atoms with van der Waals surface area (Å²) in [4.78, 5) is 24.1. The lowest BCUT2D eigenvalue weighted by Crippen LogP contribution is -2.59. The quantitative estimate of drug-likeness (QED) is 0.177. The molecular weight excluding hydrogens is 436 g/mol. The van der Waals surface area contributed by atoms with Crippen molar-refractivity contribution in [2.75, 3.05) is 19.8 Å². The molecule has 0 aromatic heterocycles. The number of unbranched alkanes of at least 4 members (excludes halogenated alkanes) is 6. The largest absolute Gasteiger partial charge is 0.462 e. The molecule has 0 spiro atoms. The second kappa shape index (κ2) is 17.2. The Bertz CT molecular complexity index is 541. The molecule has 0 aromatic carbocycles. The van der Waals surface area contributed by atoms with Gasteiger partial charge < -0.3 is 39.4 Å². The summed E-state index contributed by atoms with van der Waals surface area (Å²) in [6, 6.07) is 0. The second-order valence-corrected chi connectivity index (χ2v) is 8.45. The molecule has 4 N–H and O–H groups in total. The number of ether oxygens (including phenoxy) is 4. The van der Waals surface area contributed by atoms with E-state index in [1.807, 2.05) is 6.92 Å². The predicted octanol–water partition coefficient (Wildman–Crippen LogP) is 1.20. The Labute approximate surface area is 196 Å². The Balaban J connectivity index is 2.58. The van der Waals surface area contributed by atoms with Crippen LogP contribution in [-0.4, -0.2) is 89.0 Å². The number of carbonyl (C=O) groups excluding carboxylic acids is 2. The zero-order chi connectivity index (χ0) is 24.6. The van der Waals surface area contributed by atoms with Crippen LogP contribution >= 0.6 is 0 Å². The molecule has 0 bridgehead atoms. The van der Waals surface area contributed by atoms with Crippen LogP contribution in [0.4, 0.5) is 0 Å². The third-order valence-corrected chi connectivity index (χ3v) is 5.49. The lowest BCUT2D eigenvalue weighted by atomic mass is 9.99. The van der Waals surface area contributed by atoms with Crippen LogP contribution in [0, 0.1) is 0 Å². The molecule has 0 amide bonds. The monoisotopic (exact) mass is 478 g/mol. The molecule has 194 valence electrons. The molecule has 1 aliphatic rings. The van der Waals surface area contributed by atoms with Gasteiger partial charge in [0.05, 0.1) is 13.2 Å². The van der Waals surface area contributed by atoms with Gasteiger partial charge in [0.15, 0.2) is 12.4 Å². The lowest BCUT2D eigenvalue weighted by molar-refractivity contribution is -0.305. The molecule has 1 heterocycles. The fourth-order valence-electron chi connectivity index (χ4n) is 3.40. The van der Waals surface area contributed by atoms with Crippen molar-refractivity contribution < 1.29 is 49.0 Å². The maximum absolute atomic E-state index is 12.3. The topological polar surface area (TPSA) is 152 Å². The van der Waals surface area contributed by atoms with E-state index in [0.717, 1.165) is 32.1 Å². The highest BCUT2D eigenvalue weighted by molar-refractivity contribution is 5.70. The van der Waals surface area contributed by atoms with Crippen LogP contribution in [0.2, 0.25) is 0 Å². The fourth-order valence-corrected chi connectivity index (χ4v) is 3.40. The highest BCUT2D eigenvalue weighted by atomic mass is 16.7. The van der Waals surface area contributed by atoms with Gasteiger partial charge in [-0.25, -0.2) is 0 Å². The summed E-state index contributed by atoms with van der Waals surface area (Å²) < 4.78 is 21.4. The van der Waals surface area contributed by atoms with Crippen molar-refractivity contribution >= 4 is 11.9 Å². The highest BCUT2D eigenvalue weighted by Gasteiger charge is 2.44. The molecule has 0 radical (unpaired) electrons. The van der Waals surface area contributed by atoms with Crippen molar-refractivity contribution in [1.82, 2.24) is 0 Å². The van der Waals surface area contributed by atoms with Crippen molar-refractivity contribution in [2.24, 2.45) is 0 Å². The van der Waals surface area contributed by atoms with Crippen molar-refractivity contribution in [3.63, 3.8) is 0 Å². The van der Waals surface area contributed by atoms with Gasteiger partial charge in [0, 0.05) is 12.8 Å². The van der Waals surface area contributed by atoms with Gasteiger partial charge in [0.25, 0.3) is 0 Å². The Kier molecular flexibility index (Phi) is 15.5. The third-order valence-electron chi connectivity index (χ3n) is 5.49. The minimum Gasteiger partial charge on any atom is -0.462 e. The number of rotatable bonds is 17. The second-order valence-electron chi connectivity index (χ2n) is 8.45. The highest BCUT2D eigenvalue weighted by Crippen LogP contribution is 2.22. The molecule has 1 fully saturated rings. The summed E-state index contributed by atoms with van der Waals surface area (Å²) in [5.41, 5.74) is 0. The van der Waals surface area contributed by atoms with Gasteiger partial charge in [-0.2, -0.15) is 0 Å². The molecule has 10 nitrogen and oxygen atoms in total. The summed E-state index contributed by atoms with van der Waals surface area (Å²) in [6.45, 7) is 3.01. The van der Waals surface area contributed by atoms with E-state index in [4.69, 9.17) is 18.9 Å². The molecule has 6 unspecified atom stereocenters. The fraction of sp³-hybridized carbons (Fsp3) is 0.913. The first kappa shape index (κ1) is 29.7. The molecule has 10 heteroatoms. The first-order chi connectivity index (χ1) is 15.8. The standard InChI is InChI=1S/C23H42O10/c1-3-5-7-8-9-10-12-19(26)32-16(14-30-18(25)11-6-4-2)15-31-23-22(29)21(28)20(27)17(13-24)33-23/h16-17,20-24,27-29H,3-15H2,1-2H3. The Morgan fingerprint density at radius 2 is 1.45 bits per heavy atom. The molecule has 33 heavy (non-hydrogen) atoms. The van der Waals surface area contributed by atoms with Crippen LogP contribution in [0.3, 0.4) is 0 Å². The number of carbonyl (C=O) groups is 2. The molecule has 0 aliphatic carbocycles. The van der Waals surface area contributed by atoms with Gasteiger partial charge in [-0.1, -0.05) is 52.4 Å². The summed E-state index contributed by atoms with van der Waals surface area (Å²) in [6.07, 6.45) is 0.0528. The first-order valence-electron chi connectivity index (χ1n) is 12.1. The Morgan fingerprint density at radius 3 is 2.12 bits per heavy atom. The number of esters is 2. The molecular formula is C23H42O10. The van der Waals surface area contributed by atoms with Crippen molar-refractivity contribution in [2.45, 2.75) is 115 Å². The average molecular weight is 479 g/mol. The van der Waals surface area contributed by atoms with E-state index in [9.17, 15) is 30.0 Å². The summed E-state index contributed by atoms with van der Waals surface area (Å²) in [5.74, 6) is -0.862. The molecule has 0 aromatic rings. The minimum absolute atomic E-state index is 0.220. The normalized spacial score (nSPS) is 26.1. The minimum atomic E-state index is -1.58. The maximum Gasteiger partial charge on any atom is 0.306 e. The SMILES string of the molecule is CCCCCCCCC(=O)OC(COC(=O)CCCC)COC1OC(CO)C(O)C(O)C1O. The van der Waals surface area contributed by atoms with E-state index in [2.05, 4.69) is 6.92 Å². The lowest BCUT2D eigenvalue weighted by Gasteiger charge is -2.39. The van der Waals surface area contributed by atoms with Crippen LogP contribution in [0.15, 0.2) is 0 Å². The number of hydrogen-bond acceptors (Lipinski definition) is 10. The van der Waals surface area contributed by atoms with Crippen LogP contribution in [0.5, 0.6) is 0 Å². The molecule has 1 saturated heterocycles. The van der Waals surface area contributed by atoms with Gasteiger partial charge in [0.1, 0.15) is 31.0 Å². The summed E-state index contributed by atoms with van der Waals surface area (Å²) in [5, 5.41) is 39.1. The number of aliphatic hydroxyl groups is 4. The first-order valence-corrected chi connectivity index (χ1v) is 12.1. The molecule has 0 saturated carbocycles.